The number of nitrogens with one attached hydrogen (secondary N) is 1. The Bertz CT molecular complexity index is 1690. The zero-order valence-electron chi connectivity index (χ0n) is 25.0. The van der Waals surface area contributed by atoms with Gasteiger partial charge in [0, 0.05) is 29.6 Å². The third kappa shape index (κ3) is 9.72. The minimum Gasteiger partial charge on any atom is -0.489 e. The molecule has 1 unspecified atom stereocenters. The fourth-order valence-electron chi connectivity index (χ4n) is 4.74. The largest absolute Gasteiger partial charge is 0.489 e. The summed E-state index contributed by atoms with van der Waals surface area (Å²) in [6, 6.07) is 29.4. The predicted octanol–water partition coefficient (Wildman–Crippen LogP) is 6.11. The summed E-state index contributed by atoms with van der Waals surface area (Å²) in [6.07, 6.45) is 1.24. The van der Waals surface area contributed by atoms with Crippen LogP contribution < -0.4 is 14.4 Å². The number of amides is 2. The van der Waals surface area contributed by atoms with E-state index in [1.54, 1.807) is 49.4 Å². The maximum atomic E-state index is 14.2. The van der Waals surface area contributed by atoms with E-state index in [0.717, 1.165) is 21.7 Å². The van der Waals surface area contributed by atoms with Gasteiger partial charge in [0.1, 0.15) is 24.9 Å². The number of carbonyl (C=O) groups excluding carboxylic acids is 2. The second kappa shape index (κ2) is 15.8. The highest BCUT2D eigenvalue weighted by Crippen LogP contribution is 2.26. The van der Waals surface area contributed by atoms with Crippen molar-refractivity contribution < 1.29 is 22.7 Å². The van der Waals surface area contributed by atoms with Gasteiger partial charge < -0.3 is 15.0 Å². The second-order valence-corrected chi connectivity index (χ2v) is 13.1. The Labute approximate surface area is 274 Å². The van der Waals surface area contributed by atoms with Crippen molar-refractivity contribution in [2.45, 2.75) is 32.5 Å². The van der Waals surface area contributed by atoms with Gasteiger partial charge in [-0.1, -0.05) is 89.9 Å². The van der Waals surface area contributed by atoms with Crippen LogP contribution in [-0.4, -0.2) is 50.5 Å². The molecule has 0 bridgehead atoms. The molecule has 0 heterocycles. The maximum absolute atomic E-state index is 14.2. The molecule has 4 rings (SSSR count). The first-order chi connectivity index (χ1) is 21.5. The highest BCUT2D eigenvalue weighted by atomic mass is 35.5. The van der Waals surface area contributed by atoms with E-state index in [4.69, 9.17) is 27.9 Å². The van der Waals surface area contributed by atoms with Crippen LogP contribution in [0.5, 0.6) is 5.75 Å². The van der Waals surface area contributed by atoms with E-state index in [0.29, 0.717) is 34.5 Å². The molecule has 236 valence electrons. The van der Waals surface area contributed by atoms with Crippen LogP contribution in [0.2, 0.25) is 10.0 Å². The summed E-state index contributed by atoms with van der Waals surface area (Å²) in [6.45, 7) is 1.89. The first kappa shape index (κ1) is 33.8. The number of hydrogen-bond acceptors (Lipinski definition) is 5. The Kier molecular flexibility index (Phi) is 11.9. The predicted molar refractivity (Wildman–Crippen MR) is 179 cm³/mol. The van der Waals surface area contributed by atoms with E-state index in [9.17, 15) is 18.0 Å². The van der Waals surface area contributed by atoms with Crippen molar-refractivity contribution in [3.8, 4) is 5.75 Å². The molecule has 4 aromatic carbocycles. The fraction of sp³-hybridized carbons (Fsp3) is 0.235. The monoisotopic (exact) mass is 667 g/mol. The highest BCUT2D eigenvalue weighted by Gasteiger charge is 2.33. The van der Waals surface area contributed by atoms with Crippen molar-refractivity contribution in [1.29, 1.82) is 0 Å². The Morgan fingerprint density at radius 2 is 1.49 bits per heavy atom. The molecule has 1 atom stereocenters. The number of nitrogens with zero attached hydrogens (tertiary/aromatic N) is 2. The zero-order chi connectivity index (χ0) is 32.4. The van der Waals surface area contributed by atoms with Gasteiger partial charge in [0.25, 0.3) is 0 Å². The normalized spacial score (nSPS) is 11.8. The number of anilines is 1. The number of benzene rings is 4. The van der Waals surface area contributed by atoms with E-state index in [1.165, 1.54) is 4.90 Å². The van der Waals surface area contributed by atoms with Gasteiger partial charge in [-0.15, -0.1) is 0 Å². The van der Waals surface area contributed by atoms with Gasteiger partial charge in [0.05, 0.1) is 11.9 Å². The standard InChI is InChI=1S/C34H35Cl2N3O5S/c1-3-37-34(41)32(20-25-10-6-4-7-11-25)38(22-27-14-15-28(35)21-31(27)36)33(40)23-39(45(2,42)43)29-16-18-30(19-17-29)44-24-26-12-8-5-9-13-26/h4-19,21,32H,3,20,22-24H2,1-2H3,(H,37,41). The number of rotatable bonds is 14. The summed E-state index contributed by atoms with van der Waals surface area (Å²) in [5.41, 5.74) is 2.66. The summed E-state index contributed by atoms with van der Waals surface area (Å²) in [5, 5.41) is 3.57. The Morgan fingerprint density at radius 1 is 0.867 bits per heavy atom. The average molecular weight is 669 g/mol. The van der Waals surface area contributed by atoms with Crippen molar-refractivity contribution in [2.75, 3.05) is 23.7 Å². The topological polar surface area (TPSA) is 96.0 Å². The highest BCUT2D eigenvalue weighted by molar-refractivity contribution is 7.92. The third-order valence-electron chi connectivity index (χ3n) is 7.03. The number of carbonyl (C=O) groups is 2. The van der Waals surface area contributed by atoms with Crippen molar-refractivity contribution in [1.82, 2.24) is 10.2 Å². The molecule has 0 aromatic heterocycles. The summed E-state index contributed by atoms with van der Waals surface area (Å²) in [7, 11) is -3.92. The molecule has 0 saturated carbocycles. The quantitative estimate of drug-likeness (QED) is 0.175. The fourth-order valence-corrected chi connectivity index (χ4v) is 6.06. The minimum atomic E-state index is -3.92. The zero-order valence-corrected chi connectivity index (χ0v) is 27.4. The molecule has 0 fully saturated rings. The molecule has 0 radical (unpaired) electrons. The molecule has 11 heteroatoms. The van der Waals surface area contributed by atoms with Crippen molar-refractivity contribution in [3.63, 3.8) is 0 Å². The molecule has 45 heavy (non-hydrogen) atoms. The number of ether oxygens (including phenoxy) is 1. The van der Waals surface area contributed by atoms with Crippen molar-refractivity contribution in [3.05, 3.63) is 130 Å². The summed E-state index contributed by atoms with van der Waals surface area (Å²) in [5.74, 6) is -0.408. The van der Waals surface area contributed by atoms with Crippen LogP contribution in [0, 0.1) is 0 Å². The smallest absolute Gasteiger partial charge is 0.244 e. The Hall–Kier alpha value is -4.05. The van der Waals surface area contributed by atoms with Crippen LogP contribution in [0.25, 0.3) is 0 Å². The van der Waals surface area contributed by atoms with E-state index < -0.39 is 28.5 Å². The summed E-state index contributed by atoms with van der Waals surface area (Å²) >= 11 is 12.6. The average Bonchev–Trinajstić information content (AvgIpc) is 3.02. The molecule has 0 saturated heterocycles. The van der Waals surface area contributed by atoms with Crippen molar-refractivity contribution in [2.24, 2.45) is 0 Å². The van der Waals surface area contributed by atoms with Gasteiger partial charge in [-0.2, -0.15) is 0 Å². The van der Waals surface area contributed by atoms with E-state index in [2.05, 4.69) is 5.32 Å². The van der Waals surface area contributed by atoms with E-state index in [-0.39, 0.29) is 24.6 Å². The first-order valence-corrected chi connectivity index (χ1v) is 16.9. The second-order valence-electron chi connectivity index (χ2n) is 10.4. The number of halogens is 2. The van der Waals surface area contributed by atoms with Gasteiger partial charge in [-0.05, 0) is 60.0 Å². The lowest BCUT2D eigenvalue weighted by Gasteiger charge is -2.33. The van der Waals surface area contributed by atoms with Gasteiger partial charge >= 0.3 is 0 Å². The Balaban J connectivity index is 1.65. The molecule has 2 amide bonds. The molecular formula is C34H35Cl2N3O5S. The van der Waals surface area contributed by atoms with Crippen LogP contribution in [0.15, 0.2) is 103 Å². The number of likely N-dealkylation sites (N-methyl/N-ethyl adjacent to an activating group) is 1. The van der Waals surface area contributed by atoms with Gasteiger partial charge in [0.2, 0.25) is 21.8 Å². The van der Waals surface area contributed by atoms with Crippen LogP contribution in [0.3, 0.4) is 0 Å². The van der Waals surface area contributed by atoms with E-state index >= 15 is 0 Å². The van der Waals surface area contributed by atoms with Crippen LogP contribution in [0.4, 0.5) is 5.69 Å². The van der Waals surface area contributed by atoms with Gasteiger partial charge in [-0.3, -0.25) is 13.9 Å². The molecule has 0 aliphatic carbocycles. The number of hydrogen-bond donors (Lipinski definition) is 1. The third-order valence-corrected chi connectivity index (χ3v) is 8.76. The van der Waals surface area contributed by atoms with E-state index in [1.807, 2.05) is 60.7 Å². The molecule has 0 aliphatic rings. The van der Waals surface area contributed by atoms with Crippen LogP contribution >= 0.6 is 23.2 Å². The molecular weight excluding hydrogens is 633 g/mol. The number of sulfonamides is 1. The van der Waals surface area contributed by atoms with Crippen LogP contribution in [-0.2, 0) is 39.2 Å². The lowest BCUT2D eigenvalue weighted by atomic mass is 10.0. The molecule has 8 nitrogen and oxygen atoms in total. The molecule has 0 spiro atoms. The first-order valence-electron chi connectivity index (χ1n) is 14.3. The summed E-state index contributed by atoms with van der Waals surface area (Å²) in [4.78, 5) is 29.0. The van der Waals surface area contributed by atoms with Crippen molar-refractivity contribution >= 4 is 50.7 Å². The molecule has 0 aliphatic heterocycles. The molecule has 1 N–H and O–H groups in total. The Morgan fingerprint density at radius 3 is 2.07 bits per heavy atom. The van der Waals surface area contributed by atoms with Crippen LogP contribution in [0.1, 0.15) is 23.6 Å². The molecule has 4 aromatic rings. The SMILES string of the molecule is CCNC(=O)C(Cc1ccccc1)N(Cc1ccc(Cl)cc1Cl)C(=O)CN(c1ccc(OCc2ccccc2)cc1)S(C)(=O)=O. The maximum Gasteiger partial charge on any atom is 0.244 e. The lowest BCUT2D eigenvalue weighted by Crippen LogP contribution is -2.53. The van der Waals surface area contributed by atoms with Gasteiger partial charge in [-0.25, -0.2) is 8.42 Å². The lowest BCUT2D eigenvalue weighted by molar-refractivity contribution is -0.140. The minimum absolute atomic E-state index is 0.0483. The van der Waals surface area contributed by atoms with Gasteiger partial charge in [0.15, 0.2) is 0 Å². The summed E-state index contributed by atoms with van der Waals surface area (Å²) < 4.78 is 32.9.